The number of nitriles is 1. The van der Waals surface area contributed by atoms with Crippen molar-refractivity contribution >= 4 is 5.69 Å². The fourth-order valence-electron chi connectivity index (χ4n) is 3.02. The van der Waals surface area contributed by atoms with Crippen LogP contribution < -0.4 is 4.90 Å². The molecule has 1 aromatic rings. The van der Waals surface area contributed by atoms with Gasteiger partial charge in [0.2, 0.25) is 0 Å². The van der Waals surface area contributed by atoms with Gasteiger partial charge >= 0.3 is 0 Å². The van der Waals surface area contributed by atoms with Gasteiger partial charge in [-0.1, -0.05) is 12.1 Å². The molecule has 0 bridgehead atoms. The highest BCUT2D eigenvalue weighted by Gasteiger charge is 2.43. The number of aliphatic hydroxyl groups is 1. The van der Waals surface area contributed by atoms with Crippen molar-refractivity contribution in [1.29, 1.82) is 5.26 Å². The summed E-state index contributed by atoms with van der Waals surface area (Å²) >= 11 is 0. The van der Waals surface area contributed by atoms with Crippen LogP contribution in [-0.2, 0) is 11.2 Å². The normalized spacial score (nSPS) is 27.1. The number of rotatable bonds is 2. The van der Waals surface area contributed by atoms with Gasteiger partial charge in [-0.25, -0.2) is 0 Å². The maximum atomic E-state index is 10.6. The smallest absolute Gasteiger partial charge is 0.113 e. The summed E-state index contributed by atoms with van der Waals surface area (Å²) in [6.45, 7) is 1.89. The summed E-state index contributed by atoms with van der Waals surface area (Å²) in [6.07, 6.45) is 0.834. The molecule has 2 heterocycles. The molecule has 2 aliphatic rings. The van der Waals surface area contributed by atoms with E-state index in [0.29, 0.717) is 19.6 Å². The van der Waals surface area contributed by atoms with Crippen LogP contribution in [0.5, 0.6) is 0 Å². The molecule has 1 fully saturated rings. The Balaban J connectivity index is 1.93. The monoisotopic (exact) mass is 258 g/mol. The Hall–Kier alpha value is -1.57. The zero-order chi connectivity index (χ0) is 13.5. The van der Waals surface area contributed by atoms with E-state index in [1.807, 2.05) is 18.2 Å². The molecule has 0 amide bonds. The molecule has 0 radical (unpaired) electrons. The van der Waals surface area contributed by atoms with Crippen molar-refractivity contribution in [3.8, 4) is 6.07 Å². The molecule has 0 aliphatic carbocycles. The fourth-order valence-corrected chi connectivity index (χ4v) is 3.02. The summed E-state index contributed by atoms with van der Waals surface area (Å²) < 4.78 is 5.31. The molecule has 2 aliphatic heterocycles. The average molecular weight is 258 g/mol. The van der Waals surface area contributed by atoms with Crippen molar-refractivity contribution in [1.82, 2.24) is 0 Å². The van der Waals surface area contributed by atoms with E-state index in [4.69, 9.17) is 4.74 Å². The van der Waals surface area contributed by atoms with Crippen LogP contribution in [-0.4, -0.2) is 31.9 Å². The zero-order valence-corrected chi connectivity index (χ0v) is 11.1. The summed E-state index contributed by atoms with van der Waals surface area (Å²) in [5, 5.41) is 19.9. The molecule has 4 nitrogen and oxygen atoms in total. The summed E-state index contributed by atoms with van der Waals surface area (Å²) in [5.41, 5.74) is 2.54. The lowest BCUT2D eigenvalue weighted by atomic mass is 9.79. The van der Waals surface area contributed by atoms with Gasteiger partial charge in [0.15, 0.2) is 0 Å². The van der Waals surface area contributed by atoms with Crippen molar-refractivity contribution < 1.29 is 9.84 Å². The second kappa shape index (κ2) is 4.52. The third-order valence-electron chi connectivity index (χ3n) is 4.35. The van der Waals surface area contributed by atoms with E-state index in [2.05, 4.69) is 18.0 Å². The molecular weight excluding hydrogens is 240 g/mol. The highest BCUT2D eigenvalue weighted by molar-refractivity contribution is 5.58. The lowest BCUT2D eigenvalue weighted by Crippen LogP contribution is -2.27. The standard InChI is InChI=1S/C15H18N2O2/c1-17-6-4-11-8-12(2-3-13(11)17)14(18)15(9-16)5-7-19-10-15/h2-3,8,14,18H,4-7,10H2,1H3. The maximum Gasteiger partial charge on any atom is 0.113 e. The van der Waals surface area contributed by atoms with Crippen molar-refractivity contribution in [2.24, 2.45) is 5.41 Å². The van der Waals surface area contributed by atoms with Crippen LogP contribution in [0.15, 0.2) is 18.2 Å². The van der Waals surface area contributed by atoms with Crippen molar-refractivity contribution in [3.05, 3.63) is 29.3 Å². The van der Waals surface area contributed by atoms with Gasteiger partial charge in [0.25, 0.3) is 0 Å². The summed E-state index contributed by atoms with van der Waals surface area (Å²) in [5.74, 6) is 0. The van der Waals surface area contributed by atoms with Gasteiger partial charge in [0, 0.05) is 25.9 Å². The number of fused-ring (bicyclic) bond motifs is 1. The van der Waals surface area contributed by atoms with Crippen LogP contribution in [0.1, 0.15) is 23.7 Å². The molecule has 0 saturated carbocycles. The van der Waals surface area contributed by atoms with Gasteiger partial charge in [0.05, 0.1) is 18.8 Å². The second-order valence-electron chi connectivity index (χ2n) is 5.53. The number of nitrogens with zero attached hydrogens (tertiary/aromatic N) is 2. The third-order valence-corrected chi connectivity index (χ3v) is 4.35. The predicted octanol–water partition coefficient (Wildman–Crippen LogP) is 1.64. The Morgan fingerprint density at radius 3 is 3.05 bits per heavy atom. The van der Waals surface area contributed by atoms with Crippen molar-refractivity contribution in [2.45, 2.75) is 18.9 Å². The Kier molecular flexibility index (Phi) is 2.96. The number of ether oxygens (including phenoxy) is 1. The first kappa shape index (κ1) is 12.5. The number of anilines is 1. The van der Waals surface area contributed by atoms with E-state index in [1.54, 1.807) is 0 Å². The number of aliphatic hydroxyl groups excluding tert-OH is 1. The maximum absolute atomic E-state index is 10.6. The molecule has 2 unspecified atom stereocenters. The SMILES string of the molecule is CN1CCc2cc(C(O)C3(C#N)CCOC3)ccc21. The number of hydrogen-bond acceptors (Lipinski definition) is 4. The minimum Gasteiger partial charge on any atom is -0.387 e. The molecule has 1 N–H and O–H groups in total. The Bertz CT molecular complexity index is 529. The minimum absolute atomic E-state index is 0.321. The predicted molar refractivity (Wildman–Crippen MR) is 71.9 cm³/mol. The summed E-state index contributed by atoms with van der Waals surface area (Å²) in [7, 11) is 2.07. The van der Waals surface area contributed by atoms with Crippen LogP contribution in [0.25, 0.3) is 0 Å². The Labute approximate surface area is 113 Å². The lowest BCUT2D eigenvalue weighted by molar-refractivity contribution is 0.0504. The molecule has 4 heteroatoms. The van der Waals surface area contributed by atoms with Gasteiger partial charge in [-0.15, -0.1) is 0 Å². The molecular formula is C15H18N2O2. The van der Waals surface area contributed by atoms with E-state index in [9.17, 15) is 10.4 Å². The van der Waals surface area contributed by atoms with Gasteiger partial charge in [0.1, 0.15) is 5.41 Å². The van der Waals surface area contributed by atoms with Gasteiger partial charge in [-0.05, 0) is 30.0 Å². The molecule has 0 aromatic heterocycles. The van der Waals surface area contributed by atoms with E-state index in [1.165, 1.54) is 11.3 Å². The van der Waals surface area contributed by atoms with Gasteiger partial charge in [-0.3, -0.25) is 0 Å². The molecule has 1 saturated heterocycles. The summed E-state index contributed by atoms with van der Waals surface area (Å²) in [4.78, 5) is 2.21. The molecule has 0 spiro atoms. The number of likely N-dealkylation sites (N-methyl/N-ethyl adjacent to an activating group) is 1. The van der Waals surface area contributed by atoms with Crippen LogP contribution in [0, 0.1) is 16.7 Å². The molecule has 3 rings (SSSR count). The topological polar surface area (TPSA) is 56.5 Å². The van der Waals surface area contributed by atoms with Crippen LogP contribution >= 0.6 is 0 Å². The molecule has 2 atom stereocenters. The summed E-state index contributed by atoms with van der Waals surface area (Å²) in [6, 6.07) is 8.29. The highest BCUT2D eigenvalue weighted by Crippen LogP contribution is 2.42. The first-order valence-electron chi connectivity index (χ1n) is 6.67. The van der Waals surface area contributed by atoms with E-state index < -0.39 is 11.5 Å². The second-order valence-corrected chi connectivity index (χ2v) is 5.53. The number of hydrogen-bond donors (Lipinski definition) is 1. The largest absolute Gasteiger partial charge is 0.387 e. The van der Waals surface area contributed by atoms with E-state index in [0.717, 1.165) is 18.5 Å². The van der Waals surface area contributed by atoms with Gasteiger partial charge < -0.3 is 14.7 Å². The third kappa shape index (κ3) is 1.90. The van der Waals surface area contributed by atoms with Gasteiger partial charge in [-0.2, -0.15) is 5.26 Å². The van der Waals surface area contributed by atoms with E-state index >= 15 is 0 Å². The quantitative estimate of drug-likeness (QED) is 0.876. The Morgan fingerprint density at radius 2 is 2.37 bits per heavy atom. The van der Waals surface area contributed by atoms with Crippen molar-refractivity contribution in [3.63, 3.8) is 0 Å². The minimum atomic E-state index is -0.779. The lowest BCUT2D eigenvalue weighted by Gasteiger charge is -2.26. The molecule has 19 heavy (non-hydrogen) atoms. The highest BCUT2D eigenvalue weighted by atomic mass is 16.5. The van der Waals surface area contributed by atoms with Crippen LogP contribution in [0.4, 0.5) is 5.69 Å². The Morgan fingerprint density at radius 1 is 1.53 bits per heavy atom. The first-order chi connectivity index (χ1) is 9.16. The number of benzene rings is 1. The van der Waals surface area contributed by atoms with Crippen molar-refractivity contribution in [2.75, 3.05) is 31.7 Å². The van der Waals surface area contributed by atoms with E-state index in [-0.39, 0.29) is 0 Å². The molecule has 1 aromatic carbocycles. The zero-order valence-electron chi connectivity index (χ0n) is 11.1. The fraction of sp³-hybridized carbons (Fsp3) is 0.533. The molecule has 100 valence electrons. The van der Waals surface area contributed by atoms with Crippen LogP contribution in [0.2, 0.25) is 0 Å². The van der Waals surface area contributed by atoms with Crippen LogP contribution in [0.3, 0.4) is 0 Å². The first-order valence-corrected chi connectivity index (χ1v) is 6.67. The average Bonchev–Trinajstić information content (AvgIpc) is 3.06.